The molecule has 0 fully saturated rings. The van der Waals surface area contributed by atoms with Crippen molar-refractivity contribution in [1.82, 2.24) is 4.72 Å². The molecule has 0 amide bonds. The lowest BCUT2D eigenvalue weighted by molar-refractivity contribution is -0.384. The van der Waals surface area contributed by atoms with E-state index in [2.05, 4.69) is 4.72 Å². The van der Waals surface area contributed by atoms with Crippen LogP contribution in [0.4, 0.5) is 5.69 Å². The highest BCUT2D eigenvalue weighted by Gasteiger charge is 2.18. The summed E-state index contributed by atoms with van der Waals surface area (Å²) in [7, 11) is -3.76. The Hall–Kier alpha value is -2.45. The van der Waals surface area contributed by atoms with Crippen LogP contribution in [-0.4, -0.2) is 26.0 Å². The van der Waals surface area contributed by atoms with Crippen LogP contribution in [0.5, 0.6) is 5.75 Å². The van der Waals surface area contributed by atoms with Crippen molar-refractivity contribution in [3.05, 3.63) is 63.7 Å². The summed E-state index contributed by atoms with van der Waals surface area (Å²) in [6, 6.07) is 10.5. The fraction of sp³-hybridized carbons (Fsp3) is 0.294. The second-order valence-corrected chi connectivity index (χ2v) is 7.52. The van der Waals surface area contributed by atoms with Gasteiger partial charge >= 0.3 is 0 Å². The predicted octanol–water partition coefficient (Wildman–Crippen LogP) is 2.96. The largest absolute Gasteiger partial charge is 0.489 e. The molecule has 2 rings (SSSR count). The van der Waals surface area contributed by atoms with Crippen molar-refractivity contribution < 1.29 is 18.1 Å². The highest BCUT2D eigenvalue weighted by Crippen LogP contribution is 2.23. The molecule has 0 aliphatic heterocycles. The summed E-state index contributed by atoms with van der Waals surface area (Å²) in [5.41, 5.74) is 1.79. The summed E-state index contributed by atoms with van der Waals surface area (Å²) in [5.74, 6) is 0.740. The van der Waals surface area contributed by atoms with Crippen molar-refractivity contribution in [2.24, 2.45) is 0 Å². The third-order valence-corrected chi connectivity index (χ3v) is 5.09. The topological polar surface area (TPSA) is 98.5 Å². The highest BCUT2D eigenvalue weighted by atomic mass is 32.2. The van der Waals surface area contributed by atoms with Gasteiger partial charge in [-0.25, -0.2) is 13.1 Å². The van der Waals surface area contributed by atoms with Crippen LogP contribution in [0.2, 0.25) is 0 Å². The molecule has 0 bridgehead atoms. The fourth-order valence-electron chi connectivity index (χ4n) is 2.29. The molecule has 1 unspecified atom stereocenters. The SMILES string of the molecule is Cc1cccc(C)c1OC(C)CNS(=O)(=O)c1ccc([N+](=O)[O-])cc1. The minimum absolute atomic E-state index is 0.0302. The van der Waals surface area contributed by atoms with Gasteiger partial charge in [0, 0.05) is 18.7 Å². The van der Waals surface area contributed by atoms with E-state index in [9.17, 15) is 18.5 Å². The van der Waals surface area contributed by atoms with Crippen LogP contribution in [0.1, 0.15) is 18.1 Å². The van der Waals surface area contributed by atoms with Crippen LogP contribution in [0.15, 0.2) is 47.4 Å². The first kappa shape index (κ1) is 18.9. The average molecular weight is 364 g/mol. The molecule has 0 aliphatic carbocycles. The smallest absolute Gasteiger partial charge is 0.269 e. The Morgan fingerprint density at radius 2 is 1.68 bits per heavy atom. The van der Waals surface area contributed by atoms with Crippen LogP contribution < -0.4 is 9.46 Å². The Balaban J connectivity index is 2.02. The summed E-state index contributed by atoms with van der Waals surface area (Å²) in [5, 5.41) is 10.6. The number of nitrogens with zero attached hydrogens (tertiary/aromatic N) is 1. The van der Waals surface area contributed by atoms with Gasteiger partial charge in [-0.1, -0.05) is 18.2 Å². The van der Waals surface area contributed by atoms with Gasteiger partial charge in [-0.2, -0.15) is 0 Å². The van der Waals surface area contributed by atoms with E-state index in [4.69, 9.17) is 4.74 Å². The van der Waals surface area contributed by atoms with Crippen molar-refractivity contribution in [3.63, 3.8) is 0 Å². The number of sulfonamides is 1. The molecule has 0 aliphatic rings. The van der Waals surface area contributed by atoms with Gasteiger partial charge in [0.25, 0.3) is 5.69 Å². The lowest BCUT2D eigenvalue weighted by Gasteiger charge is -2.18. The second-order valence-electron chi connectivity index (χ2n) is 5.75. The quantitative estimate of drug-likeness (QED) is 0.601. The van der Waals surface area contributed by atoms with Gasteiger partial charge in [0.15, 0.2) is 0 Å². The number of benzene rings is 2. The van der Waals surface area contributed by atoms with Crippen LogP contribution in [0.3, 0.4) is 0 Å². The molecule has 0 saturated heterocycles. The van der Waals surface area contributed by atoms with Gasteiger partial charge in [0.1, 0.15) is 11.9 Å². The van der Waals surface area contributed by atoms with Gasteiger partial charge in [-0.05, 0) is 44.0 Å². The normalized spacial score (nSPS) is 12.6. The molecule has 0 saturated carbocycles. The van der Waals surface area contributed by atoms with E-state index in [0.717, 1.165) is 29.0 Å². The van der Waals surface area contributed by atoms with Crippen LogP contribution in [0, 0.1) is 24.0 Å². The van der Waals surface area contributed by atoms with Gasteiger partial charge in [0.05, 0.1) is 9.82 Å². The first-order valence-electron chi connectivity index (χ1n) is 7.67. The van der Waals surface area contributed by atoms with E-state index >= 15 is 0 Å². The summed E-state index contributed by atoms with van der Waals surface area (Å²) in [4.78, 5) is 10.0. The number of rotatable bonds is 7. The molecule has 2 aromatic rings. The van der Waals surface area contributed by atoms with E-state index in [1.165, 1.54) is 12.1 Å². The first-order valence-corrected chi connectivity index (χ1v) is 9.16. The molecule has 0 aromatic heterocycles. The fourth-order valence-corrected chi connectivity index (χ4v) is 3.40. The van der Waals surface area contributed by atoms with Gasteiger partial charge in [-0.15, -0.1) is 0 Å². The monoisotopic (exact) mass is 364 g/mol. The van der Waals surface area contributed by atoms with Gasteiger partial charge in [0.2, 0.25) is 10.0 Å². The van der Waals surface area contributed by atoms with Gasteiger partial charge in [-0.3, -0.25) is 10.1 Å². The molecule has 2 aromatic carbocycles. The maximum atomic E-state index is 12.3. The molecule has 25 heavy (non-hydrogen) atoms. The summed E-state index contributed by atoms with van der Waals surface area (Å²) in [6.07, 6.45) is -0.382. The lowest BCUT2D eigenvalue weighted by Crippen LogP contribution is -2.33. The number of hydrogen-bond acceptors (Lipinski definition) is 5. The standard InChI is InChI=1S/C17H20N2O5S/c1-12-5-4-6-13(2)17(12)24-14(3)11-18-25(22,23)16-9-7-15(8-10-16)19(20)21/h4-10,14,18H,11H2,1-3H3. The first-order chi connectivity index (χ1) is 11.7. The van der Waals surface area contributed by atoms with Crippen LogP contribution >= 0.6 is 0 Å². The Morgan fingerprint density at radius 1 is 1.12 bits per heavy atom. The molecule has 7 nitrogen and oxygen atoms in total. The van der Waals surface area contributed by atoms with Crippen LogP contribution in [-0.2, 0) is 10.0 Å². The zero-order valence-corrected chi connectivity index (χ0v) is 15.0. The van der Waals surface area contributed by atoms with E-state index in [0.29, 0.717) is 0 Å². The number of para-hydroxylation sites is 1. The van der Waals surface area contributed by atoms with Crippen LogP contribution in [0.25, 0.3) is 0 Å². The third kappa shape index (κ3) is 4.77. The van der Waals surface area contributed by atoms with Crippen molar-refractivity contribution in [3.8, 4) is 5.75 Å². The molecular formula is C17H20N2O5S. The Bertz CT molecular complexity index is 843. The molecule has 1 N–H and O–H groups in total. The van der Waals surface area contributed by atoms with Crippen molar-refractivity contribution in [1.29, 1.82) is 0 Å². The summed E-state index contributed by atoms with van der Waals surface area (Å²) >= 11 is 0. The van der Waals surface area contributed by atoms with E-state index in [1.54, 1.807) is 6.92 Å². The number of non-ortho nitro benzene ring substituents is 1. The maximum absolute atomic E-state index is 12.3. The number of nitro groups is 1. The highest BCUT2D eigenvalue weighted by molar-refractivity contribution is 7.89. The maximum Gasteiger partial charge on any atom is 0.269 e. The second kappa shape index (κ2) is 7.62. The van der Waals surface area contributed by atoms with Crippen molar-refractivity contribution in [2.75, 3.05) is 6.54 Å². The summed E-state index contributed by atoms with van der Waals surface area (Å²) < 4.78 is 32.8. The minimum atomic E-state index is -3.76. The predicted molar refractivity (Wildman–Crippen MR) is 94.3 cm³/mol. The van der Waals surface area contributed by atoms with E-state index < -0.39 is 14.9 Å². The average Bonchev–Trinajstić information content (AvgIpc) is 2.56. The molecule has 8 heteroatoms. The van der Waals surface area contributed by atoms with E-state index in [-0.39, 0.29) is 23.2 Å². The molecule has 0 heterocycles. The van der Waals surface area contributed by atoms with Crippen molar-refractivity contribution in [2.45, 2.75) is 31.8 Å². The molecular weight excluding hydrogens is 344 g/mol. The van der Waals surface area contributed by atoms with E-state index in [1.807, 2.05) is 32.0 Å². The van der Waals surface area contributed by atoms with Crippen molar-refractivity contribution >= 4 is 15.7 Å². The number of hydrogen-bond donors (Lipinski definition) is 1. The summed E-state index contributed by atoms with van der Waals surface area (Å²) in [6.45, 7) is 5.70. The number of aryl methyl sites for hydroxylation is 2. The molecule has 0 spiro atoms. The minimum Gasteiger partial charge on any atom is -0.489 e. The Kier molecular flexibility index (Phi) is 5.76. The molecule has 1 atom stereocenters. The lowest BCUT2D eigenvalue weighted by atomic mass is 10.1. The Labute approximate surface area is 146 Å². The number of ether oxygens (including phenoxy) is 1. The zero-order chi connectivity index (χ0) is 18.6. The zero-order valence-electron chi connectivity index (χ0n) is 14.2. The van der Waals surface area contributed by atoms with Gasteiger partial charge < -0.3 is 4.74 Å². The molecule has 134 valence electrons. The Morgan fingerprint density at radius 3 is 2.20 bits per heavy atom. The third-order valence-electron chi connectivity index (χ3n) is 3.65. The number of nitro benzene ring substituents is 1. The molecule has 0 radical (unpaired) electrons. The number of nitrogens with one attached hydrogen (secondary N) is 1.